The van der Waals surface area contributed by atoms with Crippen LogP contribution in [0.15, 0.2) is 46.9 Å². The topological polar surface area (TPSA) is 43.8 Å². The normalized spacial score (nSPS) is 19.9. The molecular weight excluding hydrogens is 430 g/mol. The first-order valence-electron chi connectivity index (χ1n) is 9.28. The molecule has 0 aromatic heterocycles. The van der Waals surface area contributed by atoms with Crippen LogP contribution in [0.25, 0.3) is 0 Å². The number of fused-ring (bicyclic) bond motifs is 2. The maximum atomic E-state index is 14.6. The van der Waals surface area contributed by atoms with E-state index in [1.165, 1.54) is 23.3 Å². The van der Waals surface area contributed by atoms with Gasteiger partial charge >= 0.3 is 0 Å². The monoisotopic (exact) mass is 450 g/mol. The van der Waals surface area contributed by atoms with Gasteiger partial charge in [0.25, 0.3) is 11.8 Å². The molecule has 0 fully saturated rings. The molecule has 0 aliphatic carbocycles. The van der Waals surface area contributed by atoms with E-state index in [2.05, 4.69) is 33.0 Å². The first kappa shape index (κ1) is 19.5. The molecule has 4 rings (SSSR count). The molecule has 2 aliphatic rings. The number of benzene rings is 2. The van der Waals surface area contributed by atoms with Crippen molar-refractivity contribution in [3.8, 4) is 0 Å². The molecule has 2 heterocycles. The third kappa shape index (κ3) is 3.83. The Morgan fingerprint density at radius 2 is 1.89 bits per heavy atom. The highest BCUT2D eigenvalue weighted by atomic mass is 79.9. The SMILES string of the molecule is O=C1c2ccc(Br)cc2C(F)(F)CN1CC(O)CN1CCc2ccccc2C1. The molecule has 0 saturated heterocycles. The zero-order valence-corrected chi connectivity index (χ0v) is 16.8. The van der Waals surface area contributed by atoms with Gasteiger partial charge in [-0.25, -0.2) is 0 Å². The number of carbonyl (C=O) groups excluding carboxylic acids is 1. The van der Waals surface area contributed by atoms with Gasteiger partial charge in [-0.3, -0.25) is 9.69 Å². The summed E-state index contributed by atoms with van der Waals surface area (Å²) in [6.45, 7) is 1.04. The first-order chi connectivity index (χ1) is 13.3. The highest BCUT2D eigenvalue weighted by molar-refractivity contribution is 9.10. The quantitative estimate of drug-likeness (QED) is 0.775. The molecule has 0 radical (unpaired) electrons. The van der Waals surface area contributed by atoms with E-state index >= 15 is 0 Å². The minimum atomic E-state index is -3.14. The van der Waals surface area contributed by atoms with Gasteiger partial charge in [0.05, 0.1) is 12.6 Å². The van der Waals surface area contributed by atoms with Crippen molar-refractivity contribution in [3.05, 3.63) is 69.2 Å². The lowest BCUT2D eigenvalue weighted by Crippen LogP contribution is -2.50. The number of alkyl halides is 2. The molecule has 1 amide bonds. The second kappa shape index (κ2) is 7.54. The van der Waals surface area contributed by atoms with Crippen LogP contribution in [0.2, 0.25) is 0 Å². The average Bonchev–Trinajstić information content (AvgIpc) is 2.65. The second-order valence-electron chi connectivity index (χ2n) is 7.49. The van der Waals surface area contributed by atoms with Crippen molar-refractivity contribution in [2.75, 3.05) is 26.2 Å². The largest absolute Gasteiger partial charge is 0.390 e. The maximum absolute atomic E-state index is 14.6. The molecule has 0 spiro atoms. The number of β-amino-alcohol motifs (C(OH)–C–C–N with tert-alkyl or cyclic N) is 1. The van der Waals surface area contributed by atoms with Crippen LogP contribution in [0.5, 0.6) is 0 Å². The third-order valence-corrected chi connectivity index (χ3v) is 5.89. The number of aliphatic hydroxyl groups excluding tert-OH is 1. The van der Waals surface area contributed by atoms with E-state index in [0.717, 1.165) is 17.9 Å². The van der Waals surface area contributed by atoms with E-state index in [-0.39, 0.29) is 17.7 Å². The Morgan fingerprint density at radius 3 is 2.68 bits per heavy atom. The lowest BCUT2D eigenvalue weighted by atomic mass is 9.95. The summed E-state index contributed by atoms with van der Waals surface area (Å²) in [6, 6.07) is 12.5. The Balaban J connectivity index is 1.43. The number of halogens is 3. The molecule has 28 heavy (non-hydrogen) atoms. The number of hydrogen-bond donors (Lipinski definition) is 1. The minimum Gasteiger partial charge on any atom is -0.390 e. The van der Waals surface area contributed by atoms with Crippen LogP contribution in [0.3, 0.4) is 0 Å². The minimum absolute atomic E-state index is 0.00134. The molecule has 4 nitrogen and oxygen atoms in total. The highest BCUT2D eigenvalue weighted by Gasteiger charge is 2.44. The van der Waals surface area contributed by atoms with Crippen LogP contribution in [0.1, 0.15) is 27.0 Å². The Bertz CT molecular complexity index is 906. The van der Waals surface area contributed by atoms with E-state index in [9.17, 15) is 18.7 Å². The summed E-state index contributed by atoms with van der Waals surface area (Å²) in [7, 11) is 0. The highest BCUT2D eigenvalue weighted by Crippen LogP contribution is 2.38. The van der Waals surface area contributed by atoms with E-state index < -0.39 is 24.5 Å². The summed E-state index contributed by atoms with van der Waals surface area (Å²) in [6.07, 6.45) is 0.00768. The van der Waals surface area contributed by atoms with Crippen LogP contribution < -0.4 is 0 Å². The molecular formula is C21H21BrF2N2O2. The zero-order valence-electron chi connectivity index (χ0n) is 15.2. The molecule has 0 bridgehead atoms. The molecule has 148 valence electrons. The molecule has 2 aromatic rings. The maximum Gasteiger partial charge on any atom is 0.291 e. The predicted molar refractivity (Wildman–Crippen MR) is 105 cm³/mol. The van der Waals surface area contributed by atoms with Gasteiger partial charge in [0.2, 0.25) is 0 Å². The fourth-order valence-electron chi connectivity index (χ4n) is 4.04. The van der Waals surface area contributed by atoms with Crippen molar-refractivity contribution in [2.45, 2.75) is 25.0 Å². The smallest absolute Gasteiger partial charge is 0.291 e. The van der Waals surface area contributed by atoms with Crippen LogP contribution in [0.4, 0.5) is 8.78 Å². The summed E-state index contributed by atoms with van der Waals surface area (Å²) in [5.41, 5.74) is 2.27. The van der Waals surface area contributed by atoms with Gasteiger partial charge in [0.1, 0.15) is 0 Å². The van der Waals surface area contributed by atoms with Crippen LogP contribution >= 0.6 is 15.9 Å². The van der Waals surface area contributed by atoms with Crippen LogP contribution in [0, 0.1) is 0 Å². The van der Waals surface area contributed by atoms with Crippen molar-refractivity contribution in [3.63, 3.8) is 0 Å². The van der Waals surface area contributed by atoms with Crippen molar-refractivity contribution < 1.29 is 18.7 Å². The number of nitrogens with zero attached hydrogens (tertiary/aromatic N) is 2. The van der Waals surface area contributed by atoms with E-state index in [1.807, 2.05) is 12.1 Å². The Hall–Kier alpha value is -1.83. The first-order valence-corrected chi connectivity index (χ1v) is 10.1. The number of hydrogen-bond acceptors (Lipinski definition) is 3. The summed E-state index contributed by atoms with van der Waals surface area (Å²) in [5, 5.41) is 10.5. The Labute approximate surface area is 170 Å². The van der Waals surface area contributed by atoms with Gasteiger partial charge in [0.15, 0.2) is 0 Å². The third-order valence-electron chi connectivity index (χ3n) is 5.39. The standard InChI is InChI=1S/C21H21BrF2N2O2/c22-16-5-6-18-19(9-16)21(23,24)13-26(20(18)28)12-17(27)11-25-8-7-14-3-1-2-4-15(14)10-25/h1-6,9,17,27H,7-8,10-13H2. The molecule has 2 aromatic carbocycles. The van der Waals surface area contributed by atoms with Crippen molar-refractivity contribution >= 4 is 21.8 Å². The molecule has 0 saturated carbocycles. The Morgan fingerprint density at radius 1 is 1.14 bits per heavy atom. The fraction of sp³-hybridized carbons (Fsp3) is 0.381. The van der Waals surface area contributed by atoms with Gasteiger partial charge in [-0.15, -0.1) is 0 Å². The predicted octanol–water partition coefficient (Wildman–Crippen LogP) is 3.42. The molecule has 1 N–H and O–H groups in total. The summed E-state index contributed by atoms with van der Waals surface area (Å²) in [4.78, 5) is 15.8. The van der Waals surface area contributed by atoms with Gasteiger partial charge in [-0.2, -0.15) is 8.78 Å². The molecule has 7 heteroatoms. The van der Waals surface area contributed by atoms with Gasteiger partial charge in [0, 0.05) is 41.8 Å². The van der Waals surface area contributed by atoms with Crippen LogP contribution in [-0.2, 0) is 18.9 Å². The number of aliphatic hydroxyl groups is 1. The van der Waals surface area contributed by atoms with Crippen molar-refractivity contribution in [1.29, 1.82) is 0 Å². The lowest BCUT2D eigenvalue weighted by molar-refractivity contribution is -0.0495. The number of rotatable bonds is 4. The van der Waals surface area contributed by atoms with E-state index in [4.69, 9.17) is 0 Å². The van der Waals surface area contributed by atoms with Crippen molar-refractivity contribution in [2.24, 2.45) is 0 Å². The summed E-state index contributed by atoms with van der Waals surface area (Å²) in [5.74, 6) is -3.60. The van der Waals surface area contributed by atoms with Gasteiger partial charge < -0.3 is 10.0 Å². The molecule has 1 atom stereocenters. The lowest BCUT2D eigenvalue weighted by Gasteiger charge is -2.36. The van der Waals surface area contributed by atoms with Crippen molar-refractivity contribution in [1.82, 2.24) is 9.80 Å². The van der Waals surface area contributed by atoms with Crippen LogP contribution in [-0.4, -0.2) is 53.1 Å². The van der Waals surface area contributed by atoms with Gasteiger partial charge in [-0.1, -0.05) is 40.2 Å². The number of carbonyl (C=O) groups is 1. The number of amides is 1. The summed E-state index contributed by atoms with van der Waals surface area (Å²) < 4.78 is 29.6. The Kier molecular flexibility index (Phi) is 5.24. The van der Waals surface area contributed by atoms with E-state index in [1.54, 1.807) is 6.07 Å². The second-order valence-corrected chi connectivity index (χ2v) is 8.40. The fourth-order valence-corrected chi connectivity index (χ4v) is 4.40. The summed E-state index contributed by atoms with van der Waals surface area (Å²) >= 11 is 3.18. The van der Waals surface area contributed by atoms with E-state index in [0.29, 0.717) is 17.6 Å². The van der Waals surface area contributed by atoms with Gasteiger partial charge in [-0.05, 0) is 35.7 Å². The molecule has 1 unspecified atom stereocenters. The molecule has 2 aliphatic heterocycles. The zero-order chi connectivity index (χ0) is 19.9. The average molecular weight is 451 g/mol.